The molecule has 1 aromatic rings. The van der Waals surface area contributed by atoms with E-state index in [4.69, 9.17) is 0 Å². The third-order valence-electron chi connectivity index (χ3n) is 4.35. The average Bonchev–Trinajstić information content (AvgIpc) is 2.47. The fourth-order valence-corrected chi connectivity index (χ4v) is 4.05. The zero-order chi connectivity index (χ0) is 15.5. The molecule has 2 rings (SSSR count). The number of piperidine rings is 1. The van der Waals surface area contributed by atoms with Gasteiger partial charge in [0.05, 0.1) is 16.3 Å². The minimum absolute atomic E-state index is 0.131. The molecule has 0 radical (unpaired) electrons. The summed E-state index contributed by atoms with van der Waals surface area (Å²) in [6.45, 7) is 6.06. The van der Waals surface area contributed by atoms with E-state index in [1.54, 1.807) is 19.1 Å². The van der Waals surface area contributed by atoms with Crippen molar-refractivity contribution in [1.82, 2.24) is 4.90 Å². The molecule has 1 aliphatic rings. The van der Waals surface area contributed by atoms with Crippen molar-refractivity contribution >= 4 is 15.5 Å². The van der Waals surface area contributed by atoms with Crippen LogP contribution in [0.1, 0.15) is 26.7 Å². The lowest BCUT2D eigenvalue weighted by molar-refractivity contribution is 0.197. The summed E-state index contributed by atoms with van der Waals surface area (Å²) in [6.07, 6.45) is 2.41. The van der Waals surface area contributed by atoms with Crippen molar-refractivity contribution in [3.05, 3.63) is 24.3 Å². The Morgan fingerprint density at radius 3 is 2.76 bits per heavy atom. The number of rotatable bonds is 5. The van der Waals surface area contributed by atoms with E-state index in [0.29, 0.717) is 10.8 Å². The van der Waals surface area contributed by atoms with Crippen molar-refractivity contribution in [2.24, 2.45) is 5.92 Å². The molecule has 0 bridgehead atoms. The van der Waals surface area contributed by atoms with Gasteiger partial charge in [-0.25, -0.2) is 8.42 Å². The van der Waals surface area contributed by atoms with Gasteiger partial charge in [0.1, 0.15) is 0 Å². The molecule has 0 aliphatic carbocycles. The molecule has 1 saturated heterocycles. The number of hydrogen-bond acceptors (Lipinski definition) is 4. The molecule has 1 heterocycles. The van der Waals surface area contributed by atoms with E-state index >= 15 is 0 Å². The smallest absolute Gasteiger partial charge is 0.180 e. The summed E-state index contributed by atoms with van der Waals surface area (Å²) in [5.74, 6) is 0.688. The van der Waals surface area contributed by atoms with Crippen molar-refractivity contribution in [2.45, 2.75) is 37.6 Å². The monoisotopic (exact) mass is 310 g/mol. The molecule has 2 unspecified atom stereocenters. The number of benzene rings is 1. The molecule has 0 aromatic heterocycles. The Morgan fingerprint density at radius 2 is 2.10 bits per heavy atom. The summed E-state index contributed by atoms with van der Waals surface area (Å²) >= 11 is 0. The Morgan fingerprint density at radius 1 is 1.38 bits per heavy atom. The molecule has 5 heteroatoms. The SMILES string of the molecule is CCS(=O)(=O)c1ccccc1NC(C)C1CCCN(C)C1. The number of nitrogens with one attached hydrogen (secondary N) is 1. The first-order chi connectivity index (χ1) is 9.94. The third kappa shape index (κ3) is 3.98. The molecular formula is C16H26N2O2S. The minimum atomic E-state index is -3.19. The van der Waals surface area contributed by atoms with Crippen LogP contribution in [0.15, 0.2) is 29.2 Å². The van der Waals surface area contributed by atoms with Crippen LogP contribution in [0.2, 0.25) is 0 Å². The Hall–Kier alpha value is -1.07. The van der Waals surface area contributed by atoms with Gasteiger partial charge < -0.3 is 10.2 Å². The van der Waals surface area contributed by atoms with Crippen LogP contribution in [0, 0.1) is 5.92 Å². The molecule has 118 valence electrons. The average molecular weight is 310 g/mol. The summed E-state index contributed by atoms with van der Waals surface area (Å²) in [4.78, 5) is 2.77. The Balaban J connectivity index is 2.16. The van der Waals surface area contributed by atoms with Gasteiger partial charge in [-0.3, -0.25) is 0 Å². The van der Waals surface area contributed by atoms with Crippen molar-refractivity contribution < 1.29 is 8.42 Å². The van der Waals surface area contributed by atoms with Crippen LogP contribution in [0.5, 0.6) is 0 Å². The summed E-state index contributed by atoms with van der Waals surface area (Å²) in [7, 11) is -1.04. The lowest BCUT2D eigenvalue weighted by Gasteiger charge is -2.34. The lowest BCUT2D eigenvalue weighted by atomic mass is 9.92. The number of anilines is 1. The summed E-state index contributed by atoms with van der Waals surface area (Å²) in [6, 6.07) is 7.50. The second-order valence-electron chi connectivity index (χ2n) is 6.00. The van der Waals surface area contributed by atoms with Gasteiger partial charge >= 0.3 is 0 Å². The van der Waals surface area contributed by atoms with E-state index in [0.717, 1.165) is 18.8 Å². The van der Waals surface area contributed by atoms with E-state index in [9.17, 15) is 8.42 Å². The Kier molecular flexibility index (Phi) is 5.27. The first kappa shape index (κ1) is 16.3. The third-order valence-corrected chi connectivity index (χ3v) is 6.14. The van der Waals surface area contributed by atoms with Crippen LogP contribution in [0.25, 0.3) is 0 Å². The fraction of sp³-hybridized carbons (Fsp3) is 0.625. The zero-order valence-corrected chi connectivity index (χ0v) is 14.0. The molecule has 2 atom stereocenters. The standard InChI is InChI=1S/C16H26N2O2S/c1-4-21(19,20)16-10-6-5-9-15(16)17-13(2)14-8-7-11-18(3)12-14/h5-6,9-10,13-14,17H,4,7-8,11-12H2,1-3H3. The molecule has 1 N–H and O–H groups in total. The Labute approximate surface area is 128 Å². The van der Waals surface area contributed by atoms with Gasteiger partial charge in [0.15, 0.2) is 9.84 Å². The van der Waals surface area contributed by atoms with Crippen molar-refractivity contribution in [3.63, 3.8) is 0 Å². The van der Waals surface area contributed by atoms with Crippen molar-refractivity contribution in [2.75, 3.05) is 31.2 Å². The highest BCUT2D eigenvalue weighted by atomic mass is 32.2. The van der Waals surface area contributed by atoms with Crippen LogP contribution >= 0.6 is 0 Å². The van der Waals surface area contributed by atoms with Gasteiger partial charge in [0, 0.05) is 12.6 Å². The predicted octanol–water partition coefficient (Wildman–Crippen LogP) is 2.62. The van der Waals surface area contributed by atoms with Gasteiger partial charge in [-0.2, -0.15) is 0 Å². The molecule has 1 aliphatic heterocycles. The van der Waals surface area contributed by atoms with Crippen molar-refractivity contribution in [3.8, 4) is 0 Å². The minimum Gasteiger partial charge on any atom is -0.381 e. The van der Waals surface area contributed by atoms with E-state index in [2.05, 4.69) is 24.2 Å². The molecule has 4 nitrogen and oxygen atoms in total. The maximum atomic E-state index is 12.2. The second kappa shape index (κ2) is 6.79. The number of para-hydroxylation sites is 1. The topological polar surface area (TPSA) is 49.4 Å². The van der Waals surface area contributed by atoms with E-state index in [-0.39, 0.29) is 11.8 Å². The molecule has 21 heavy (non-hydrogen) atoms. The lowest BCUT2D eigenvalue weighted by Crippen LogP contribution is -2.40. The highest BCUT2D eigenvalue weighted by molar-refractivity contribution is 7.91. The number of likely N-dealkylation sites (tertiary alicyclic amines) is 1. The summed E-state index contributed by atoms with van der Waals surface area (Å²) in [5, 5.41) is 3.44. The largest absolute Gasteiger partial charge is 0.381 e. The van der Waals surface area contributed by atoms with Crippen LogP contribution < -0.4 is 5.32 Å². The first-order valence-corrected chi connectivity index (χ1v) is 9.36. The van der Waals surface area contributed by atoms with Crippen molar-refractivity contribution in [1.29, 1.82) is 0 Å². The van der Waals surface area contributed by atoms with E-state index in [1.807, 2.05) is 12.1 Å². The van der Waals surface area contributed by atoms with Gasteiger partial charge in [-0.15, -0.1) is 0 Å². The predicted molar refractivity (Wildman–Crippen MR) is 87.5 cm³/mol. The zero-order valence-electron chi connectivity index (χ0n) is 13.2. The number of sulfone groups is 1. The van der Waals surface area contributed by atoms with Crippen LogP contribution in [0.4, 0.5) is 5.69 Å². The maximum Gasteiger partial charge on any atom is 0.180 e. The van der Waals surface area contributed by atoms with Crippen LogP contribution in [0.3, 0.4) is 0 Å². The quantitative estimate of drug-likeness (QED) is 0.908. The Bertz CT molecular complexity index is 571. The van der Waals surface area contributed by atoms with Gasteiger partial charge in [-0.05, 0) is 51.4 Å². The van der Waals surface area contributed by atoms with Gasteiger partial charge in [0.25, 0.3) is 0 Å². The number of nitrogens with zero attached hydrogens (tertiary/aromatic N) is 1. The van der Waals surface area contributed by atoms with Gasteiger partial charge in [0.2, 0.25) is 0 Å². The molecule has 0 amide bonds. The highest BCUT2D eigenvalue weighted by Gasteiger charge is 2.24. The molecule has 0 spiro atoms. The summed E-state index contributed by atoms with van der Waals surface area (Å²) in [5.41, 5.74) is 0.736. The summed E-state index contributed by atoms with van der Waals surface area (Å²) < 4.78 is 24.4. The molecule has 1 fully saturated rings. The number of hydrogen-bond donors (Lipinski definition) is 1. The highest BCUT2D eigenvalue weighted by Crippen LogP contribution is 2.26. The first-order valence-electron chi connectivity index (χ1n) is 7.71. The van der Waals surface area contributed by atoms with E-state index < -0.39 is 9.84 Å². The van der Waals surface area contributed by atoms with Gasteiger partial charge in [-0.1, -0.05) is 19.1 Å². The maximum absolute atomic E-state index is 12.2. The van der Waals surface area contributed by atoms with E-state index in [1.165, 1.54) is 12.8 Å². The second-order valence-corrected chi connectivity index (χ2v) is 8.24. The molecule has 0 saturated carbocycles. The van der Waals surface area contributed by atoms with Crippen LogP contribution in [-0.2, 0) is 9.84 Å². The fourth-order valence-electron chi connectivity index (χ4n) is 2.99. The normalized spacial score (nSPS) is 22.0. The van der Waals surface area contributed by atoms with Crippen LogP contribution in [-0.4, -0.2) is 45.2 Å². The molecule has 1 aromatic carbocycles. The molecular weight excluding hydrogens is 284 g/mol.